The van der Waals surface area contributed by atoms with Crippen molar-refractivity contribution in [3.05, 3.63) is 46.3 Å². The molecule has 0 saturated heterocycles. The summed E-state index contributed by atoms with van der Waals surface area (Å²) < 4.78 is 5.47. The van der Waals surface area contributed by atoms with Gasteiger partial charge in [-0.3, -0.25) is 4.79 Å². The highest BCUT2D eigenvalue weighted by molar-refractivity contribution is 7.17. The molecule has 0 aliphatic heterocycles. The predicted octanol–water partition coefficient (Wildman–Crippen LogP) is 4.49. The first kappa shape index (κ1) is 15.4. The van der Waals surface area contributed by atoms with Gasteiger partial charge in [0.1, 0.15) is 5.60 Å². The lowest BCUT2D eigenvalue weighted by Crippen LogP contribution is -2.24. The molecule has 0 unspecified atom stereocenters. The van der Waals surface area contributed by atoms with Gasteiger partial charge in [-0.2, -0.15) is 0 Å². The van der Waals surface area contributed by atoms with Crippen molar-refractivity contribution in [2.24, 2.45) is 0 Å². The minimum absolute atomic E-state index is 0.345. The van der Waals surface area contributed by atoms with Crippen LogP contribution in [0, 0.1) is 6.92 Å². The van der Waals surface area contributed by atoms with Crippen molar-refractivity contribution in [2.45, 2.75) is 33.3 Å². The lowest BCUT2D eigenvalue weighted by atomic mass is 10.0. The first-order valence-corrected chi connectivity index (χ1v) is 7.51. The zero-order chi connectivity index (χ0) is 15.6. The van der Waals surface area contributed by atoms with Gasteiger partial charge in [0.15, 0.2) is 6.29 Å². The molecule has 2 aromatic rings. The van der Waals surface area contributed by atoms with Crippen LogP contribution < -0.4 is 0 Å². The van der Waals surface area contributed by atoms with Crippen molar-refractivity contribution in [1.29, 1.82) is 0 Å². The molecule has 0 spiro atoms. The average Bonchev–Trinajstić information content (AvgIpc) is 2.85. The number of esters is 1. The van der Waals surface area contributed by atoms with E-state index in [2.05, 4.69) is 0 Å². The Balaban J connectivity index is 2.47. The lowest BCUT2D eigenvalue weighted by Gasteiger charge is -2.20. The third-order valence-electron chi connectivity index (χ3n) is 2.80. The van der Waals surface area contributed by atoms with Gasteiger partial charge >= 0.3 is 5.97 Å². The second-order valence-electron chi connectivity index (χ2n) is 5.87. The minimum atomic E-state index is -0.540. The molecule has 0 N–H and O–H groups in total. The number of hydrogen-bond acceptors (Lipinski definition) is 4. The maximum atomic E-state index is 12.4. The molecule has 0 saturated carbocycles. The molecule has 0 aliphatic carbocycles. The molecule has 4 heteroatoms. The van der Waals surface area contributed by atoms with Gasteiger partial charge in [-0.05, 0) is 45.9 Å². The number of benzene rings is 1. The highest BCUT2D eigenvalue weighted by Crippen LogP contribution is 2.31. The fraction of sp³-hybridized carbons (Fsp3) is 0.294. The van der Waals surface area contributed by atoms with Crippen LogP contribution in [0.15, 0.2) is 30.3 Å². The molecule has 0 bridgehead atoms. The number of rotatable bonds is 3. The molecule has 0 fully saturated rings. The van der Waals surface area contributed by atoms with Crippen molar-refractivity contribution < 1.29 is 14.3 Å². The maximum absolute atomic E-state index is 12.4. The molecule has 1 heterocycles. The maximum Gasteiger partial charge on any atom is 0.339 e. The molecule has 3 nitrogen and oxygen atoms in total. The molecule has 2 rings (SSSR count). The Morgan fingerprint density at radius 3 is 2.48 bits per heavy atom. The van der Waals surface area contributed by atoms with E-state index in [1.165, 1.54) is 11.3 Å². The van der Waals surface area contributed by atoms with E-state index < -0.39 is 5.60 Å². The number of ether oxygens (including phenoxy) is 1. The van der Waals surface area contributed by atoms with Gasteiger partial charge in [0, 0.05) is 10.4 Å². The van der Waals surface area contributed by atoms with E-state index in [1.54, 1.807) is 6.07 Å². The zero-order valence-electron chi connectivity index (χ0n) is 12.6. The quantitative estimate of drug-likeness (QED) is 0.619. The van der Waals surface area contributed by atoms with E-state index in [-0.39, 0.29) is 5.97 Å². The standard InChI is InChI=1S/C17H18O3S/c1-11-5-7-13(15-8-6-12(10-18)21-15)14(9-11)16(19)20-17(2,3)4/h5-10H,1-4H3. The Bertz CT molecular complexity index is 678. The lowest BCUT2D eigenvalue weighted by molar-refractivity contribution is 0.00703. The molecule has 0 radical (unpaired) electrons. The Morgan fingerprint density at radius 2 is 1.90 bits per heavy atom. The number of carbonyl (C=O) groups excluding carboxylic acids is 2. The molecular weight excluding hydrogens is 284 g/mol. The van der Waals surface area contributed by atoms with Gasteiger partial charge in [-0.15, -0.1) is 11.3 Å². The van der Waals surface area contributed by atoms with Crippen molar-refractivity contribution in [1.82, 2.24) is 0 Å². The van der Waals surface area contributed by atoms with Crippen molar-refractivity contribution in [3.8, 4) is 10.4 Å². The molecule has 1 aromatic carbocycles. The summed E-state index contributed by atoms with van der Waals surface area (Å²) in [5, 5.41) is 0. The largest absolute Gasteiger partial charge is 0.456 e. The number of aryl methyl sites for hydroxylation is 1. The van der Waals surface area contributed by atoms with E-state index in [1.807, 2.05) is 52.0 Å². The summed E-state index contributed by atoms with van der Waals surface area (Å²) in [6.07, 6.45) is 0.815. The van der Waals surface area contributed by atoms with Crippen LogP contribution in [0.2, 0.25) is 0 Å². The van der Waals surface area contributed by atoms with Gasteiger partial charge in [0.05, 0.1) is 10.4 Å². The second-order valence-corrected chi connectivity index (χ2v) is 6.99. The van der Waals surface area contributed by atoms with E-state index in [0.29, 0.717) is 10.4 Å². The topological polar surface area (TPSA) is 43.4 Å². The molecule has 0 amide bonds. The highest BCUT2D eigenvalue weighted by Gasteiger charge is 2.21. The summed E-state index contributed by atoms with van der Waals surface area (Å²) in [6.45, 7) is 7.46. The van der Waals surface area contributed by atoms with Crippen molar-refractivity contribution in [2.75, 3.05) is 0 Å². The van der Waals surface area contributed by atoms with E-state index in [4.69, 9.17) is 4.74 Å². The minimum Gasteiger partial charge on any atom is -0.456 e. The van der Waals surface area contributed by atoms with Crippen LogP contribution in [0.1, 0.15) is 46.4 Å². The average molecular weight is 302 g/mol. The smallest absolute Gasteiger partial charge is 0.339 e. The highest BCUT2D eigenvalue weighted by atomic mass is 32.1. The molecule has 110 valence electrons. The SMILES string of the molecule is Cc1ccc(-c2ccc(C=O)s2)c(C(=O)OC(C)(C)C)c1. The van der Waals surface area contributed by atoms with Crippen LogP contribution in [-0.4, -0.2) is 17.9 Å². The van der Waals surface area contributed by atoms with Crippen LogP contribution >= 0.6 is 11.3 Å². The van der Waals surface area contributed by atoms with Gasteiger partial charge in [0.25, 0.3) is 0 Å². The second kappa shape index (κ2) is 5.82. The molecule has 1 aromatic heterocycles. The van der Waals surface area contributed by atoms with Gasteiger partial charge < -0.3 is 4.74 Å². The zero-order valence-corrected chi connectivity index (χ0v) is 13.4. The Morgan fingerprint density at radius 1 is 1.19 bits per heavy atom. The Hall–Kier alpha value is -1.94. The van der Waals surface area contributed by atoms with Gasteiger partial charge in [-0.1, -0.05) is 17.7 Å². The first-order valence-electron chi connectivity index (χ1n) is 6.69. The summed E-state index contributed by atoms with van der Waals surface area (Å²) >= 11 is 1.37. The van der Waals surface area contributed by atoms with Crippen molar-refractivity contribution >= 4 is 23.6 Å². The van der Waals surface area contributed by atoms with E-state index in [0.717, 1.165) is 22.3 Å². The number of carbonyl (C=O) groups is 2. The summed E-state index contributed by atoms with van der Waals surface area (Å²) in [7, 11) is 0. The Kier molecular flexibility index (Phi) is 4.28. The van der Waals surface area contributed by atoms with Gasteiger partial charge in [0.2, 0.25) is 0 Å². The van der Waals surface area contributed by atoms with Crippen LogP contribution in [0.5, 0.6) is 0 Å². The molecule has 0 aliphatic rings. The van der Waals surface area contributed by atoms with E-state index >= 15 is 0 Å². The fourth-order valence-electron chi connectivity index (χ4n) is 1.94. The summed E-state index contributed by atoms with van der Waals surface area (Å²) in [5.74, 6) is -0.345. The molecular formula is C17H18O3S. The predicted molar refractivity (Wildman–Crippen MR) is 85.0 cm³/mol. The number of hydrogen-bond donors (Lipinski definition) is 0. The van der Waals surface area contributed by atoms with Crippen LogP contribution in [-0.2, 0) is 4.74 Å². The van der Waals surface area contributed by atoms with Gasteiger partial charge in [-0.25, -0.2) is 4.79 Å². The first-order chi connectivity index (χ1) is 9.80. The third kappa shape index (κ3) is 3.79. The normalized spacial score (nSPS) is 11.2. The van der Waals surface area contributed by atoms with E-state index in [9.17, 15) is 9.59 Å². The fourth-order valence-corrected chi connectivity index (χ4v) is 2.80. The number of thiophene rings is 1. The molecule has 0 atom stereocenters. The number of aldehydes is 1. The summed E-state index contributed by atoms with van der Waals surface area (Å²) in [6, 6.07) is 9.28. The summed E-state index contributed by atoms with van der Waals surface area (Å²) in [5.41, 5.74) is 1.78. The Labute approximate surface area is 128 Å². The van der Waals surface area contributed by atoms with Crippen LogP contribution in [0.4, 0.5) is 0 Å². The van der Waals surface area contributed by atoms with Crippen molar-refractivity contribution in [3.63, 3.8) is 0 Å². The monoisotopic (exact) mass is 302 g/mol. The molecule has 21 heavy (non-hydrogen) atoms. The third-order valence-corrected chi connectivity index (χ3v) is 3.85. The summed E-state index contributed by atoms with van der Waals surface area (Å²) in [4.78, 5) is 24.8. The van der Waals surface area contributed by atoms with Crippen LogP contribution in [0.3, 0.4) is 0 Å². The van der Waals surface area contributed by atoms with Crippen LogP contribution in [0.25, 0.3) is 10.4 Å².